The van der Waals surface area contributed by atoms with Crippen LogP contribution in [0.3, 0.4) is 0 Å². The molecule has 0 amide bonds. The molecule has 0 aromatic carbocycles. The van der Waals surface area contributed by atoms with E-state index in [2.05, 4.69) is 6.92 Å². The summed E-state index contributed by atoms with van der Waals surface area (Å²) in [6.45, 7) is 6.06. The fraction of sp³-hybridized carbons (Fsp3) is 0.500. The van der Waals surface area contributed by atoms with E-state index in [0.717, 1.165) is 0 Å². The third-order valence-electron chi connectivity index (χ3n) is 0.981. The van der Waals surface area contributed by atoms with Gasteiger partial charge in [-0.2, -0.15) is 0 Å². The third-order valence-corrected chi connectivity index (χ3v) is 0.981. The summed E-state index contributed by atoms with van der Waals surface area (Å²) >= 11 is 0. The monoisotopic (exact) mass is 113 g/mol. The molecule has 0 aliphatic heterocycles. The number of hydrogen-bond donors (Lipinski definition) is 0. The molecule has 1 radical (unpaired) electrons. The normalized spacial score (nSPS) is 9.50. The largest absolute Gasteiger partial charge is 0.299 e. The van der Waals surface area contributed by atoms with Gasteiger partial charge in [0.25, 0.3) is 0 Å². The highest BCUT2D eigenvalue weighted by atomic mass is 16.1. The maximum absolute atomic E-state index is 10.3. The van der Waals surface area contributed by atoms with Crippen molar-refractivity contribution in [2.75, 3.05) is 0 Å². The SMILES string of the molecule is [CH2]C(C(C)=O)C(C)=O. The van der Waals surface area contributed by atoms with Gasteiger partial charge in [-0.3, -0.25) is 9.59 Å². The van der Waals surface area contributed by atoms with Gasteiger partial charge < -0.3 is 0 Å². The molecule has 0 bridgehead atoms. The van der Waals surface area contributed by atoms with E-state index in [1.807, 2.05) is 0 Å². The number of ketones is 2. The third kappa shape index (κ3) is 1.87. The Hall–Kier alpha value is -0.660. The lowest BCUT2D eigenvalue weighted by atomic mass is 10.0. The van der Waals surface area contributed by atoms with Crippen LogP contribution in [0.4, 0.5) is 0 Å². The number of carbonyl (C=O) groups excluding carboxylic acids is 2. The molecule has 0 saturated carbocycles. The summed E-state index contributed by atoms with van der Waals surface area (Å²) in [5, 5.41) is 0. The molecule has 0 aromatic rings. The zero-order valence-electron chi connectivity index (χ0n) is 5.10. The number of carbonyl (C=O) groups is 2. The van der Waals surface area contributed by atoms with E-state index in [9.17, 15) is 9.59 Å². The fourth-order valence-electron chi connectivity index (χ4n) is 0.286. The number of rotatable bonds is 2. The highest BCUT2D eigenvalue weighted by molar-refractivity contribution is 6.00. The first-order valence-electron chi connectivity index (χ1n) is 2.39. The Bertz CT molecular complexity index is 102. The second-order valence-corrected chi connectivity index (χ2v) is 1.77. The van der Waals surface area contributed by atoms with Crippen molar-refractivity contribution in [2.24, 2.45) is 5.92 Å². The molecule has 0 fully saturated rings. The van der Waals surface area contributed by atoms with Gasteiger partial charge in [-0.05, 0) is 20.8 Å². The summed E-state index contributed by atoms with van der Waals surface area (Å²) in [5.74, 6) is -0.995. The molecule has 0 aliphatic rings. The van der Waals surface area contributed by atoms with Gasteiger partial charge in [-0.1, -0.05) is 0 Å². The lowest BCUT2D eigenvalue weighted by Crippen LogP contribution is -2.14. The van der Waals surface area contributed by atoms with Gasteiger partial charge in [-0.25, -0.2) is 0 Å². The van der Waals surface area contributed by atoms with Crippen molar-refractivity contribution >= 4 is 11.6 Å². The molecular formula is C6H9O2. The molecule has 0 N–H and O–H groups in total. The molecule has 2 nitrogen and oxygen atoms in total. The topological polar surface area (TPSA) is 34.1 Å². The number of hydrogen-bond acceptors (Lipinski definition) is 2. The Labute approximate surface area is 48.9 Å². The van der Waals surface area contributed by atoms with Crippen molar-refractivity contribution < 1.29 is 9.59 Å². The molecule has 0 spiro atoms. The Morgan fingerprint density at radius 2 is 1.50 bits per heavy atom. The molecule has 0 aromatic heterocycles. The van der Waals surface area contributed by atoms with E-state index in [4.69, 9.17) is 0 Å². The van der Waals surface area contributed by atoms with E-state index in [1.54, 1.807) is 0 Å². The zero-order valence-corrected chi connectivity index (χ0v) is 5.10. The van der Waals surface area contributed by atoms with Crippen molar-refractivity contribution in [3.63, 3.8) is 0 Å². The molecular weight excluding hydrogens is 104 g/mol. The summed E-state index contributed by atoms with van der Waals surface area (Å²) in [7, 11) is 0. The molecule has 45 valence electrons. The first-order valence-corrected chi connectivity index (χ1v) is 2.39. The average Bonchev–Trinajstić information content (AvgIpc) is 1.64. The summed E-state index contributed by atoms with van der Waals surface area (Å²) in [6.07, 6.45) is 0. The van der Waals surface area contributed by atoms with Crippen LogP contribution in [0.15, 0.2) is 0 Å². The Morgan fingerprint density at radius 3 is 1.50 bits per heavy atom. The summed E-state index contributed by atoms with van der Waals surface area (Å²) < 4.78 is 0. The predicted molar refractivity (Wildman–Crippen MR) is 30.2 cm³/mol. The molecule has 0 aliphatic carbocycles. The standard InChI is InChI=1S/C6H9O2/c1-4(5(2)7)6(3)8/h4H,1H2,2-3H3. The smallest absolute Gasteiger partial charge is 0.140 e. The lowest BCUT2D eigenvalue weighted by molar-refractivity contribution is -0.128. The Balaban J connectivity index is 3.83. The van der Waals surface area contributed by atoms with Crippen molar-refractivity contribution in [3.05, 3.63) is 6.92 Å². The van der Waals surface area contributed by atoms with Crippen LogP contribution >= 0.6 is 0 Å². The van der Waals surface area contributed by atoms with Crippen LogP contribution in [0.25, 0.3) is 0 Å². The minimum Gasteiger partial charge on any atom is -0.299 e. The van der Waals surface area contributed by atoms with Gasteiger partial charge in [0.1, 0.15) is 11.6 Å². The Morgan fingerprint density at radius 1 is 1.25 bits per heavy atom. The average molecular weight is 113 g/mol. The molecule has 2 heteroatoms. The van der Waals surface area contributed by atoms with Crippen LogP contribution in [0.2, 0.25) is 0 Å². The molecule has 0 unspecified atom stereocenters. The fourth-order valence-corrected chi connectivity index (χ4v) is 0.286. The van der Waals surface area contributed by atoms with Gasteiger partial charge in [0.15, 0.2) is 0 Å². The molecule has 0 saturated heterocycles. The van der Waals surface area contributed by atoms with E-state index in [1.165, 1.54) is 13.8 Å². The lowest BCUT2D eigenvalue weighted by Gasteiger charge is -1.97. The van der Waals surface area contributed by atoms with Crippen LogP contribution in [0, 0.1) is 12.8 Å². The minimum atomic E-state index is -0.657. The Kier molecular flexibility index (Phi) is 2.38. The summed E-state index contributed by atoms with van der Waals surface area (Å²) in [5.41, 5.74) is 0. The predicted octanol–water partition coefficient (Wildman–Crippen LogP) is 0.615. The highest BCUT2D eigenvalue weighted by Crippen LogP contribution is 1.94. The second kappa shape index (κ2) is 2.60. The highest BCUT2D eigenvalue weighted by Gasteiger charge is 2.11. The summed E-state index contributed by atoms with van der Waals surface area (Å²) in [6, 6.07) is 0. The zero-order chi connectivity index (χ0) is 6.73. The molecule has 8 heavy (non-hydrogen) atoms. The van der Waals surface area contributed by atoms with Crippen LogP contribution in [-0.2, 0) is 9.59 Å². The maximum atomic E-state index is 10.3. The molecule has 0 atom stereocenters. The second-order valence-electron chi connectivity index (χ2n) is 1.77. The van der Waals surface area contributed by atoms with Crippen LogP contribution in [-0.4, -0.2) is 11.6 Å². The van der Waals surface area contributed by atoms with Crippen LogP contribution in [0.5, 0.6) is 0 Å². The molecule has 0 rings (SSSR count). The number of Topliss-reactive ketones (excluding diaryl/α,β-unsaturated/α-hetero) is 2. The van der Waals surface area contributed by atoms with Gasteiger partial charge in [0.05, 0.1) is 5.92 Å². The van der Waals surface area contributed by atoms with Crippen molar-refractivity contribution in [2.45, 2.75) is 13.8 Å². The van der Waals surface area contributed by atoms with Crippen LogP contribution in [0.1, 0.15) is 13.8 Å². The first kappa shape index (κ1) is 7.34. The van der Waals surface area contributed by atoms with E-state index in [0.29, 0.717) is 0 Å². The van der Waals surface area contributed by atoms with Crippen LogP contribution < -0.4 is 0 Å². The van der Waals surface area contributed by atoms with Crippen molar-refractivity contribution in [3.8, 4) is 0 Å². The summed E-state index contributed by atoms with van der Waals surface area (Å²) in [4.78, 5) is 20.6. The maximum Gasteiger partial charge on any atom is 0.140 e. The van der Waals surface area contributed by atoms with Gasteiger partial charge >= 0.3 is 0 Å². The first-order chi connectivity index (χ1) is 3.55. The minimum absolute atomic E-state index is 0.169. The van der Waals surface area contributed by atoms with E-state index < -0.39 is 5.92 Å². The van der Waals surface area contributed by atoms with Crippen molar-refractivity contribution in [1.29, 1.82) is 0 Å². The van der Waals surface area contributed by atoms with E-state index in [-0.39, 0.29) is 11.6 Å². The van der Waals surface area contributed by atoms with Gasteiger partial charge in [0, 0.05) is 0 Å². The molecule has 0 heterocycles. The van der Waals surface area contributed by atoms with Gasteiger partial charge in [0.2, 0.25) is 0 Å². The quantitative estimate of drug-likeness (QED) is 0.492. The van der Waals surface area contributed by atoms with E-state index >= 15 is 0 Å². The van der Waals surface area contributed by atoms with Gasteiger partial charge in [-0.15, -0.1) is 0 Å². The van der Waals surface area contributed by atoms with Crippen molar-refractivity contribution in [1.82, 2.24) is 0 Å².